The summed E-state index contributed by atoms with van der Waals surface area (Å²) in [5.41, 5.74) is -1.11. The smallest absolute Gasteiger partial charge is 0.343 e. The van der Waals surface area contributed by atoms with Crippen LogP contribution in [0.25, 0.3) is 10.9 Å². The number of hydrogen-bond donors (Lipinski definition) is 0. The van der Waals surface area contributed by atoms with Gasteiger partial charge in [-0.2, -0.15) is 0 Å². The van der Waals surface area contributed by atoms with E-state index < -0.39 is 23.0 Å². The minimum atomic E-state index is -0.909. The summed E-state index contributed by atoms with van der Waals surface area (Å²) < 4.78 is 33.2. The van der Waals surface area contributed by atoms with E-state index >= 15 is 0 Å². The Balaban J connectivity index is 2.87. The molecule has 0 unspecified atom stereocenters. The number of aromatic nitrogens is 1. The number of esters is 1. The molecule has 0 aliphatic heterocycles. The van der Waals surface area contributed by atoms with E-state index in [9.17, 15) is 18.4 Å². The minimum Gasteiger partial charge on any atom is -0.462 e. The Morgan fingerprint density at radius 3 is 2.70 bits per heavy atom. The van der Waals surface area contributed by atoms with Crippen LogP contribution in [0.5, 0.6) is 0 Å². The minimum absolute atomic E-state index is 0.0867. The molecule has 7 heteroatoms. The van der Waals surface area contributed by atoms with Crippen LogP contribution in [0, 0.1) is 11.6 Å². The van der Waals surface area contributed by atoms with Crippen LogP contribution in [0.4, 0.5) is 8.78 Å². The maximum atomic E-state index is 14.0. The number of ether oxygens (including phenoxy) is 1. The first-order valence-electron chi connectivity index (χ1n) is 5.72. The van der Waals surface area contributed by atoms with Crippen LogP contribution < -0.4 is 5.43 Å². The van der Waals surface area contributed by atoms with Gasteiger partial charge in [0.1, 0.15) is 11.4 Å². The standard InChI is InChI=1S/C13H10BrF2NO3/c1-3-20-13(19)7-5-17(2)11-6(12(7)18)4-8(15)9(14)10(11)16/h4-5H,3H2,1-2H3. The van der Waals surface area contributed by atoms with E-state index in [1.54, 1.807) is 6.92 Å². The Bertz CT molecular complexity index is 771. The first-order valence-corrected chi connectivity index (χ1v) is 6.51. The molecule has 0 radical (unpaired) electrons. The van der Waals surface area contributed by atoms with Gasteiger partial charge in [0, 0.05) is 13.2 Å². The molecule has 0 aliphatic carbocycles. The second-order valence-electron chi connectivity index (χ2n) is 4.09. The van der Waals surface area contributed by atoms with E-state index in [0.717, 1.165) is 6.07 Å². The third-order valence-electron chi connectivity index (χ3n) is 2.80. The fourth-order valence-electron chi connectivity index (χ4n) is 1.92. The molecule has 0 fully saturated rings. The number of pyridine rings is 1. The molecule has 1 heterocycles. The van der Waals surface area contributed by atoms with Gasteiger partial charge in [-0.1, -0.05) is 0 Å². The molecule has 0 amide bonds. The van der Waals surface area contributed by atoms with E-state index in [1.165, 1.54) is 17.8 Å². The zero-order valence-corrected chi connectivity index (χ0v) is 12.3. The van der Waals surface area contributed by atoms with Crippen LogP contribution in [-0.2, 0) is 11.8 Å². The topological polar surface area (TPSA) is 48.3 Å². The van der Waals surface area contributed by atoms with Crippen LogP contribution in [0.2, 0.25) is 0 Å². The van der Waals surface area contributed by atoms with Gasteiger partial charge in [0.15, 0.2) is 5.82 Å². The molecule has 2 rings (SSSR count). The van der Waals surface area contributed by atoms with Crippen molar-refractivity contribution in [3.63, 3.8) is 0 Å². The predicted octanol–water partition coefficient (Wildman–Crippen LogP) is 2.76. The SMILES string of the molecule is CCOC(=O)c1cn(C)c2c(F)c(Br)c(F)cc2c1=O. The van der Waals surface area contributed by atoms with Crippen LogP contribution in [0.15, 0.2) is 21.5 Å². The maximum Gasteiger partial charge on any atom is 0.343 e. The van der Waals surface area contributed by atoms with Gasteiger partial charge in [-0.05, 0) is 28.9 Å². The molecule has 0 bridgehead atoms. The predicted molar refractivity (Wildman–Crippen MR) is 72.8 cm³/mol. The normalized spacial score (nSPS) is 10.8. The number of carbonyl (C=O) groups is 1. The van der Waals surface area contributed by atoms with E-state index in [4.69, 9.17) is 4.74 Å². The Morgan fingerprint density at radius 2 is 2.10 bits per heavy atom. The van der Waals surface area contributed by atoms with Crippen molar-refractivity contribution in [2.24, 2.45) is 7.05 Å². The number of fused-ring (bicyclic) bond motifs is 1. The number of hydrogen-bond acceptors (Lipinski definition) is 3. The summed E-state index contributed by atoms with van der Waals surface area (Å²) in [7, 11) is 1.46. The van der Waals surface area contributed by atoms with Crippen molar-refractivity contribution in [1.29, 1.82) is 0 Å². The molecular formula is C13H10BrF2NO3. The Morgan fingerprint density at radius 1 is 1.45 bits per heavy atom. The number of halogens is 3. The lowest BCUT2D eigenvalue weighted by Gasteiger charge is -2.10. The van der Waals surface area contributed by atoms with Crippen molar-refractivity contribution in [1.82, 2.24) is 4.57 Å². The lowest BCUT2D eigenvalue weighted by Crippen LogP contribution is -2.21. The molecule has 0 atom stereocenters. The molecule has 0 N–H and O–H groups in total. The molecule has 0 saturated heterocycles. The average molecular weight is 346 g/mol. The summed E-state index contributed by atoms with van der Waals surface area (Å²) in [4.78, 5) is 23.8. The van der Waals surface area contributed by atoms with Gasteiger partial charge in [0.05, 0.1) is 22.0 Å². The van der Waals surface area contributed by atoms with E-state index in [0.29, 0.717) is 0 Å². The largest absolute Gasteiger partial charge is 0.462 e. The fourth-order valence-corrected chi connectivity index (χ4v) is 2.22. The summed E-state index contributed by atoms with van der Waals surface area (Å²) >= 11 is 2.77. The van der Waals surface area contributed by atoms with Crippen LogP contribution in [0.3, 0.4) is 0 Å². The van der Waals surface area contributed by atoms with Crippen molar-refractivity contribution in [2.45, 2.75) is 6.92 Å². The van der Waals surface area contributed by atoms with E-state index in [1.807, 2.05) is 0 Å². The molecular weight excluding hydrogens is 336 g/mol. The van der Waals surface area contributed by atoms with E-state index in [2.05, 4.69) is 15.9 Å². The summed E-state index contributed by atoms with van der Waals surface area (Å²) in [6.07, 6.45) is 1.18. The molecule has 20 heavy (non-hydrogen) atoms. The first kappa shape index (κ1) is 14.6. The molecule has 0 saturated carbocycles. The first-order chi connectivity index (χ1) is 9.38. The highest BCUT2D eigenvalue weighted by molar-refractivity contribution is 9.10. The third kappa shape index (κ3) is 2.22. The Hall–Kier alpha value is -1.76. The van der Waals surface area contributed by atoms with Gasteiger partial charge in [-0.25, -0.2) is 13.6 Å². The maximum absolute atomic E-state index is 14.0. The molecule has 0 aliphatic rings. The monoisotopic (exact) mass is 345 g/mol. The quantitative estimate of drug-likeness (QED) is 0.621. The molecule has 0 spiro atoms. The van der Waals surface area contributed by atoms with Crippen molar-refractivity contribution in [2.75, 3.05) is 6.61 Å². The highest BCUT2D eigenvalue weighted by Crippen LogP contribution is 2.26. The number of aryl methyl sites for hydroxylation is 1. The zero-order valence-electron chi connectivity index (χ0n) is 10.7. The zero-order chi connectivity index (χ0) is 15.0. The highest BCUT2D eigenvalue weighted by Gasteiger charge is 2.20. The summed E-state index contributed by atoms with van der Waals surface area (Å²) in [5, 5.41) is -0.212. The Labute approximate surface area is 121 Å². The molecule has 1 aromatic carbocycles. The second-order valence-corrected chi connectivity index (χ2v) is 4.88. The van der Waals surface area contributed by atoms with Gasteiger partial charge in [-0.15, -0.1) is 0 Å². The molecule has 1 aromatic heterocycles. The van der Waals surface area contributed by atoms with Crippen molar-refractivity contribution in [3.8, 4) is 0 Å². The van der Waals surface area contributed by atoms with E-state index in [-0.39, 0.29) is 27.5 Å². The number of benzene rings is 1. The molecule has 106 valence electrons. The van der Waals surface area contributed by atoms with Crippen LogP contribution in [-0.4, -0.2) is 17.1 Å². The number of nitrogens with zero attached hydrogens (tertiary/aromatic N) is 1. The van der Waals surface area contributed by atoms with Crippen molar-refractivity contribution < 1.29 is 18.3 Å². The summed E-state index contributed by atoms with van der Waals surface area (Å²) in [6.45, 7) is 1.70. The van der Waals surface area contributed by atoms with Gasteiger partial charge < -0.3 is 9.30 Å². The van der Waals surface area contributed by atoms with Crippen molar-refractivity contribution in [3.05, 3.63) is 44.2 Å². The lowest BCUT2D eigenvalue weighted by atomic mass is 10.1. The summed E-state index contributed by atoms with van der Waals surface area (Å²) in [5.74, 6) is -2.62. The van der Waals surface area contributed by atoms with Gasteiger partial charge in [-0.3, -0.25) is 4.79 Å². The van der Waals surface area contributed by atoms with Crippen molar-refractivity contribution >= 4 is 32.8 Å². The third-order valence-corrected chi connectivity index (χ3v) is 3.52. The average Bonchev–Trinajstić information content (AvgIpc) is 2.40. The van der Waals surface area contributed by atoms with Gasteiger partial charge >= 0.3 is 5.97 Å². The fraction of sp³-hybridized carbons (Fsp3) is 0.231. The highest BCUT2D eigenvalue weighted by atomic mass is 79.9. The summed E-state index contributed by atoms with van der Waals surface area (Å²) in [6, 6.07) is 0.896. The lowest BCUT2D eigenvalue weighted by molar-refractivity contribution is 0.0524. The number of carbonyl (C=O) groups excluding carboxylic acids is 1. The Kier molecular flexibility index (Phi) is 3.89. The number of rotatable bonds is 2. The molecule has 4 nitrogen and oxygen atoms in total. The van der Waals surface area contributed by atoms with Gasteiger partial charge in [0.2, 0.25) is 5.43 Å². The van der Waals surface area contributed by atoms with Crippen LogP contribution in [0.1, 0.15) is 17.3 Å². The van der Waals surface area contributed by atoms with Gasteiger partial charge in [0.25, 0.3) is 0 Å². The molecule has 2 aromatic rings. The second kappa shape index (κ2) is 5.32. The van der Waals surface area contributed by atoms with Crippen LogP contribution >= 0.6 is 15.9 Å².